The second-order valence-electron chi connectivity index (χ2n) is 7.17. The highest BCUT2D eigenvalue weighted by Crippen LogP contribution is 2.35. The Balaban J connectivity index is 0. The van der Waals surface area contributed by atoms with Crippen molar-refractivity contribution in [1.29, 1.82) is 0 Å². The van der Waals surface area contributed by atoms with Gasteiger partial charge in [-0.1, -0.05) is 93.9 Å². The van der Waals surface area contributed by atoms with E-state index >= 15 is 0 Å². The Morgan fingerprint density at radius 2 is 1.47 bits per heavy atom. The quantitative estimate of drug-likeness (QED) is 0.407. The van der Waals surface area contributed by atoms with Crippen LogP contribution in [0.3, 0.4) is 0 Å². The Morgan fingerprint density at radius 3 is 1.74 bits per heavy atom. The third-order valence-corrected chi connectivity index (χ3v) is 4.38. The summed E-state index contributed by atoms with van der Waals surface area (Å²) in [5.41, 5.74) is 0.615. The predicted octanol–water partition coefficient (Wildman–Crippen LogP) is 7.47. The maximum Gasteiger partial charge on any atom is -0.0326 e. The van der Waals surface area contributed by atoms with Crippen LogP contribution in [0, 0.1) is 17.3 Å². The van der Waals surface area contributed by atoms with Crippen molar-refractivity contribution in [3.05, 3.63) is 0 Å². The number of hydrogen-bond donors (Lipinski definition) is 0. The van der Waals surface area contributed by atoms with E-state index in [-0.39, 0.29) is 0 Å². The molecule has 0 fully saturated rings. The molecule has 2 atom stereocenters. The molecule has 0 N–H and O–H groups in total. The van der Waals surface area contributed by atoms with Gasteiger partial charge in [-0.05, 0) is 30.1 Å². The van der Waals surface area contributed by atoms with E-state index in [1.54, 1.807) is 0 Å². The molecule has 0 aliphatic heterocycles. The number of rotatable bonds is 9. The molecule has 118 valence electrons. The van der Waals surface area contributed by atoms with Gasteiger partial charge in [0, 0.05) is 0 Å². The molecule has 19 heavy (non-hydrogen) atoms. The van der Waals surface area contributed by atoms with Gasteiger partial charge in [-0.2, -0.15) is 0 Å². The Kier molecular flexibility index (Phi) is 14.6. The van der Waals surface area contributed by atoms with Gasteiger partial charge in [0.15, 0.2) is 0 Å². The van der Waals surface area contributed by atoms with E-state index in [9.17, 15) is 0 Å². The van der Waals surface area contributed by atoms with E-state index in [1.165, 1.54) is 51.4 Å². The van der Waals surface area contributed by atoms with Crippen molar-refractivity contribution in [3.63, 3.8) is 0 Å². The van der Waals surface area contributed by atoms with Gasteiger partial charge in [0.2, 0.25) is 0 Å². The Hall–Kier alpha value is 0. The Labute approximate surface area is 124 Å². The summed E-state index contributed by atoms with van der Waals surface area (Å²) < 4.78 is 0. The Bertz CT molecular complexity index is 171. The highest BCUT2D eigenvalue weighted by atomic mass is 14.3. The minimum Gasteiger partial charge on any atom is -0.0654 e. The van der Waals surface area contributed by atoms with Gasteiger partial charge in [-0.3, -0.25) is 0 Å². The number of unbranched alkanes of at least 4 members (excludes halogenated alkanes) is 1. The average molecular weight is 271 g/mol. The second kappa shape index (κ2) is 13.0. The topological polar surface area (TPSA) is 0 Å². The predicted molar refractivity (Wildman–Crippen MR) is 91.7 cm³/mol. The molecule has 0 bridgehead atoms. The van der Waals surface area contributed by atoms with Crippen molar-refractivity contribution in [1.82, 2.24) is 0 Å². The first-order chi connectivity index (χ1) is 8.85. The van der Waals surface area contributed by atoms with Gasteiger partial charge >= 0.3 is 0 Å². The molecule has 0 heterocycles. The molecule has 0 saturated heterocycles. The van der Waals surface area contributed by atoms with Crippen LogP contribution in [0.4, 0.5) is 0 Å². The Morgan fingerprint density at radius 1 is 0.895 bits per heavy atom. The van der Waals surface area contributed by atoms with Crippen molar-refractivity contribution >= 4 is 0 Å². The fourth-order valence-corrected chi connectivity index (χ4v) is 2.62. The summed E-state index contributed by atoms with van der Waals surface area (Å²) in [4.78, 5) is 0. The molecule has 0 aromatic heterocycles. The van der Waals surface area contributed by atoms with Crippen LogP contribution in [-0.4, -0.2) is 0 Å². The average Bonchev–Trinajstić information content (AvgIpc) is 2.37. The zero-order valence-corrected chi connectivity index (χ0v) is 15.3. The summed E-state index contributed by atoms with van der Waals surface area (Å²) in [6, 6.07) is 0. The molecular formula is C19H42. The first-order valence-electron chi connectivity index (χ1n) is 8.85. The lowest BCUT2D eigenvalue weighted by Crippen LogP contribution is -2.18. The van der Waals surface area contributed by atoms with Gasteiger partial charge in [0.25, 0.3) is 0 Å². The van der Waals surface area contributed by atoms with Crippen LogP contribution in [-0.2, 0) is 0 Å². The molecule has 2 unspecified atom stereocenters. The van der Waals surface area contributed by atoms with E-state index in [0.717, 1.165) is 11.8 Å². The highest BCUT2D eigenvalue weighted by Gasteiger charge is 2.22. The molecule has 0 rings (SSSR count). The molecule has 0 saturated carbocycles. The first-order valence-corrected chi connectivity index (χ1v) is 8.85. The second-order valence-corrected chi connectivity index (χ2v) is 7.17. The van der Waals surface area contributed by atoms with E-state index in [1.807, 2.05) is 0 Å². The monoisotopic (exact) mass is 270 g/mol. The van der Waals surface area contributed by atoms with Crippen LogP contribution in [0.5, 0.6) is 0 Å². The summed E-state index contributed by atoms with van der Waals surface area (Å²) in [5, 5.41) is 0. The van der Waals surface area contributed by atoms with Crippen LogP contribution >= 0.6 is 0 Å². The standard InChI is InChI=1S/C12H26.C7H16/c1-6-9-12(5,8-3)10-11(4)7-2;1-4-5-6-7(2)3/h11H,6-10H2,1-5H3;7H,4-6H2,1-3H3. The maximum atomic E-state index is 2.45. The molecule has 0 aromatic carbocycles. The molecular weight excluding hydrogens is 228 g/mol. The molecule has 0 amide bonds. The fourth-order valence-electron chi connectivity index (χ4n) is 2.62. The lowest BCUT2D eigenvalue weighted by Gasteiger charge is -2.30. The summed E-state index contributed by atoms with van der Waals surface area (Å²) in [5.74, 6) is 1.81. The van der Waals surface area contributed by atoms with Crippen LogP contribution < -0.4 is 0 Å². The van der Waals surface area contributed by atoms with Crippen molar-refractivity contribution in [3.8, 4) is 0 Å². The van der Waals surface area contributed by atoms with Crippen molar-refractivity contribution in [2.45, 2.75) is 107 Å². The van der Waals surface area contributed by atoms with Crippen molar-refractivity contribution in [2.75, 3.05) is 0 Å². The molecule has 0 heteroatoms. The van der Waals surface area contributed by atoms with E-state index in [0.29, 0.717) is 5.41 Å². The third kappa shape index (κ3) is 14.2. The van der Waals surface area contributed by atoms with Gasteiger partial charge in [0.05, 0.1) is 0 Å². The minimum atomic E-state index is 0.615. The summed E-state index contributed by atoms with van der Waals surface area (Å²) in [7, 11) is 0. The van der Waals surface area contributed by atoms with Crippen LogP contribution in [0.25, 0.3) is 0 Å². The zero-order valence-electron chi connectivity index (χ0n) is 15.3. The van der Waals surface area contributed by atoms with E-state index in [4.69, 9.17) is 0 Å². The fraction of sp³-hybridized carbons (Fsp3) is 1.00. The smallest absolute Gasteiger partial charge is 0.0326 e. The normalized spacial score (nSPS) is 15.6. The van der Waals surface area contributed by atoms with E-state index in [2.05, 4.69) is 55.4 Å². The molecule has 0 radical (unpaired) electrons. The SMILES string of the molecule is CCCC(C)(CC)CC(C)CC.CCCCC(C)C. The lowest BCUT2D eigenvalue weighted by molar-refractivity contribution is 0.214. The van der Waals surface area contributed by atoms with Gasteiger partial charge in [-0.15, -0.1) is 0 Å². The molecule has 0 spiro atoms. The molecule has 0 aliphatic carbocycles. The van der Waals surface area contributed by atoms with Crippen LogP contribution in [0.1, 0.15) is 107 Å². The van der Waals surface area contributed by atoms with E-state index < -0.39 is 0 Å². The zero-order chi connectivity index (χ0) is 15.3. The highest BCUT2D eigenvalue weighted by molar-refractivity contribution is 4.74. The van der Waals surface area contributed by atoms with Crippen LogP contribution in [0.2, 0.25) is 0 Å². The minimum absolute atomic E-state index is 0.615. The lowest BCUT2D eigenvalue weighted by atomic mass is 9.75. The molecule has 0 aliphatic rings. The van der Waals surface area contributed by atoms with Gasteiger partial charge in [0.1, 0.15) is 0 Å². The first kappa shape index (κ1) is 21.3. The van der Waals surface area contributed by atoms with Gasteiger partial charge < -0.3 is 0 Å². The summed E-state index contributed by atoms with van der Waals surface area (Å²) in [6.07, 6.45) is 11.0. The summed E-state index contributed by atoms with van der Waals surface area (Å²) in [6.45, 7) is 18.5. The number of hydrogen-bond acceptors (Lipinski definition) is 0. The summed E-state index contributed by atoms with van der Waals surface area (Å²) >= 11 is 0. The molecule has 0 aromatic rings. The molecule has 0 nitrogen and oxygen atoms in total. The van der Waals surface area contributed by atoms with Crippen molar-refractivity contribution in [2.24, 2.45) is 17.3 Å². The van der Waals surface area contributed by atoms with Crippen LogP contribution in [0.15, 0.2) is 0 Å². The van der Waals surface area contributed by atoms with Gasteiger partial charge in [-0.25, -0.2) is 0 Å². The maximum absolute atomic E-state index is 2.45. The van der Waals surface area contributed by atoms with Crippen molar-refractivity contribution < 1.29 is 0 Å². The largest absolute Gasteiger partial charge is 0.0654 e. The third-order valence-electron chi connectivity index (χ3n) is 4.38.